The largest absolute Gasteiger partial charge is 0.365 e. The molecule has 4 N–H and O–H groups in total. The molecule has 5 rings (SSSR count). The topological polar surface area (TPSA) is 139 Å². The number of nitrogens with one attached hydrogen (secondary N) is 2. The molecule has 4 heterocycles. The van der Waals surface area contributed by atoms with E-state index in [1.807, 2.05) is 4.90 Å². The Hall–Kier alpha value is -3.21. The third-order valence-electron chi connectivity index (χ3n) is 6.70. The monoisotopic (exact) mass is 456 g/mol. The maximum atomic E-state index is 13.2. The average molecular weight is 457 g/mol. The molecular formula is C21H24N6O4S. The summed E-state index contributed by atoms with van der Waals surface area (Å²) in [4.78, 5) is 51.9. The van der Waals surface area contributed by atoms with E-state index in [2.05, 4.69) is 15.7 Å². The van der Waals surface area contributed by atoms with Gasteiger partial charge in [-0.05, 0) is 36.8 Å². The van der Waals surface area contributed by atoms with Crippen molar-refractivity contribution in [2.75, 3.05) is 19.6 Å². The van der Waals surface area contributed by atoms with E-state index in [-0.39, 0.29) is 34.9 Å². The fourth-order valence-electron chi connectivity index (χ4n) is 4.90. The molecule has 32 heavy (non-hydrogen) atoms. The van der Waals surface area contributed by atoms with Crippen molar-refractivity contribution in [2.24, 2.45) is 11.1 Å². The molecule has 11 heteroatoms. The van der Waals surface area contributed by atoms with Gasteiger partial charge in [0.15, 0.2) is 5.69 Å². The molecule has 10 nitrogen and oxygen atoms in total. The molecule has 0 bridgehead atoms. The lowest BCUT2D eigenvalue weighted by atomic mass is 9.67. The maximum absolute atomic E-state index is 13.2. The lowest BCUT2D eigenvalue weighted by Gasteiger charge is -2.37. The fraction of sp³-hybridized carbons (Fsp3) is 0.476. The van der Waals surface area contributed by atoms with Gasteiger partial charge in [-0.15, -0.1) is 11.3 Å². The summed E-state index contributed by atoms with van der Waals surface area (Å²) in [7, 11) is 0. The second-order valence-corrected chi connectivity index (χ2v) is 9.86. The van der Waals surface area contributed by atoms with Crippen LogP contribution in [0.4, 0.5) is 0 Å². The van der Waals surface area contributed by atoms with Crippen molar-refractivity contribution in [1.82, 2.24) is 25.3 Å². The fourth-order valence-corrected chi connectivity index (χ4v) is 5.71. The van der Waals surface area contributed by atoms with Crippen LogP contribution in [0.5, 0.6) is 0 Å². The smallest absolute Gasteiger partial charge is 0.271 e. The minimum absolute atomic E-state index is 0.112. The molecule has 2 fully saturated rings. The van der Waals surface area contributed by atoms with Crippen molar-refractivity contribution in [3.05, 3.63) is 39.3 Å². The summed E-state index contributed by atoms with van der Waals surface area (Å²) in [6.45, 7) is 1.95. The van der Waals surface area contributed by atoms with E-state index in [4.69, 9.17) is 5.73 Å². The second kappa shape index (κ2) is 7.73. The molecule has 1 aliphatic carbocycles. The van der Waals surface area contributed by atoms with Crippen LogP contribution < -0.4 is 16.4 Å². The number of likely N-dealkylation sites (tertiary alicyclic amines) is 1. The van der Waals surface area contributed by atoms with E-state index >= 15 is 0 Å². The third-order valence-corrected chi connectivity index (χ3v) is 7.79. The molecule has 2 aromatic rings. The quantitative estimate of drug-likeness (QED) is 0.605. The molecule has 2 aliphatic heterocycles. The number of hydrogen-bond acceptors (Lipinski definition) is 6. The maximum Gasteiger partial charge on any atom is 0.271 e. The van der Waals surface area contributed by atoms with Gasteiger partial charge in [-0.25, -0.2) is 0 Å². The number of hydrogen-bond donors (Lipinski definition) is 3. The van der Waals surface area contributed by atoms with Crippen LogP contribution in [0.15, 0.2) is 18.2 Å². The Labute approximate surface area is 188 Å². The first-order valence-corrected chi connectivity index (χ1v) is 11.5. The third kappa shape index (κ3) is 3.56. The number of nitrogens with two attached hydrogens (primary N) is 1. The molecule has 1 atom stereocenters. The molecule has 1 saturated heterocycles. The number of amides is 4. The number of rotatable bonds is 5. The average Bonchev–Trinajstić information content (AvgIpc) is 3.48. The van der Waals surface area contributed by atoms with Crippen LogP contribution in [-0.4, -0.2) is 64.0 Å². The molecule has 1 unspecified atom stereocenters. The second-order valence-electron chi connectivity index (χ2n) is 8.78. The van der Waals surface area contributed by atoms with E-state index in [1.165, 1.54) is 10.7 Å². The van der Waals surface area contributed by atoms with Gasteiger partial charge in [0.05, 0.1) is 16.3 Å². The van der Waals surface area contributed by atoms with Crippen LogP contribution in [0.2, 0.25) is 0 Å². The standard InChI is InChI=1S/C21H24N6O4S/c22-17(28)15-2-3-16(32-15)20(31)26-11-21(4-1-5-21)9-12(26)10-24-18(29)13-8-14-19(30)23-6-7-27(14)25-13/h2-3,8,12H,1,4-7,9-11H2,(H2,22,28)(H,23,30)(H,24,29). The van der Waals surface area contributed by atoms with Crippen LogP contribution in [-0.2, 0) is 6.54 Å². The molecule has 3 aliphatic rings. The Morgan fingerprint density at radius 1 is 1.28 bits per heavy atom. The summed E-state index contributed by atoms with van der Waals surface area (Å²) in [6, 6.07) is 4.55. The lowest BCUT2D eigenvalue weighted by Crippen LogP contribution is -2.43. The van der Waals surface area contributed by atoms with Gasteiger partial charge in [-0.2, -0.15) is 5.10 Å². The molecule has 2 aromatic heterocycles. The Morgan fingerprint density at radius 2 is 2.06 bits per heavy atom. The molecule has 168 valence electrons. The molecule has 4 amide bonds. The number of nitrogens with zero attached hydrogens (tertiary/aromatic N) is 3. The predicted octanol–water partition coefficient (Wildman–Crippen LogP) is 0.602. The van der Waals surface area contributed by atoms with Gasteiger partial charge in [0, 0.05) is 31.7 Å². The number of carbonyl (C=O) groups is 4. The highest BCUT2D eigenvalue weighted by Gasteiger charge is 2.49. The molecule has 0 radical (unpaired) electrons. The molecule has 1 spiro atoms. The van der Waals surface area contributed by atoms with Gasteiger partial charge in [0.25, 0.3) is 23.6 Å². The number of carbonyl (C=O) groups excluding carboxylic acids is 4. The normalized spacial score (nSPS) is 21.1. The summed E-state index contributed by atoms with van der Waals surface area (Å²) in [5, 5.41) is 9.87. The van der Waals surface area contributed by atoms with Crippen molar-refractivity contribution in [2.45, 2.75) is 38.3 Å². The van der Waals surface area contributed by atoms with Gasteiger partial charge < -0.3 is 21.3 Å². The first-order valence-electron chi connectivity index (χ1n) is 10.7. The molecule has 0 aromatic carbocycles. The van der Waals surface area contributed by atoms with Gasteiger partial charge in [-0.3, -0.25) is 23.9 Å². The van der Waals surface area contributed by atoms with E-state index < -0.39 is 5.91 Å². The first kappa shape index (κ1) is 20.7. The first-order chi connectivity index (χ1) is 15.3. The highest BCUT2D eigenvalue weighted by Crippen LogP contribution is 2.50. The number of primary amides is 1. The lowest BCUT2D eigenvalue weighted by molar-refractivity contribution is 0.0690. The summed E-state index contributed by atoms with van der Waals surface area (Å²) < 4.78 is 1.54. The van der Waals surface area contributed by atoms with Gasteiger partial charge in [0.1, 0.15) is 5.69 Å². The minimum Gasteiger partial charge on any atom is -0.365 e. The SMILES string of the molecule is NC(=O)c1ccc(C(=O)N2CC3(CCC3)CC2CNC(=O)c2cc3n(n2)CCNC3=O)s1. The summed E-state index contributed by atoms with van der Waals surface area (Å²) >= 11 is 1.10. The highest BCUT2D eigenvalue weighted by molar-refractivity contribution is 7.15. The van der Waals surface area contributed by atoms with Crippen molar-refractivity contribution < 1.29 is 19.2 Å². The highest BCUT2D eigenvalue weighted by atomic mass is 32.1. The number of fused-ring (bicyclic) bond motifs is 1. The van der Waals surface area contributed by atoms with Crippen molar-refractivity contribution in [1.29, 1.82) is 0 Å². The van der Waals surface area contributed by atoms with Crippen molar-refractivity contribution >= 4 is 35.0 Å². The van der Waals surface area contributed by atoms with Gasteiger partial charge in [-0.1, -0.05) is 6.42 Å². The predicted molar refractivity (Wildman–Crippen MR) is 115 cm³/mol. The number of thiophene rings is 1. The van der Waals surface area contributed by atoms with E-state index in [9.17, 15) is 19.2 Å². The zero-order valence-corrected chi connectivity index (χ0v) is 18.2. The summed E-state index contributed by atoms with van der Waals surface area (Å²) in [5.74, 6) is -1.30. The summed E-state index contributed by atoms with van der Waals surface area (Å²) in [6.07, 6.45) is 4.12. The van der Waals surface area contributed by atoms with Crippen LogP contribution in [0.3, 0.4) is 0 Å². The van der Waals surface area contributed by atoms with E-state index in [1.54, 1.807) is 12.1 Å². The van der Waals surface area contributed by atoms with Crippen molar-refractivity contribution in [3.63, 3.8) is 0 Å². The van der Waals surface area contributed by atoms with Gasteiger partial charge in [0.2, 0.25) is 0 Å². The van der Waals surface area contributed by atoms with Gasteiger partial charge >= 0.3 is 0 Å². The Kier molecular flexibility index (Phi) is 5.00. The number of aromatic nitrogens is 2. The van der Waals surface area contributed by atoms with E-state index in [0.29, 0.717) is 41.6 Å². The van der Waals surface area contributed by atoms with Crippen LogP contribution in [0.1, 0.15) is 66.0 Å². The molecule has 1 saturated carbocycles. The van der Waals surface area contributed by atoms with Crippen LogP contribution in [0.25, 0.3) is 0 Å². The molecular weight excluding hydrogens is 432 g/mol. The van der Waals surface area contributed by atoms with Crippen LogP contribution in [0, 0.1) is 5.41 Å². The Morgan fingerprint density at radius 3 is 2.72 bits per heavy atom. The Bertz CT molecular complexity index is 1120. The zero-order chi connectivity index (χ0) is 22.5. The Balaban J connectivity index is 1.29. The minimum atomic E-state index is -0.550. The summed E-state index contributed by atoms with van der Waals surface area (Å²) in [5.41, 5.74) is 6.00. The van der Waals surface area contributed by atoms with Crippen molar-refractivity contribution in [3.8, 4) is 0 Å². The van der Waals surface area contributed by atoms with Crippen LogP contribution >= 0.6 is 11.3 Å². The van der Waals surface area contributed by atoms with E-state index in [0.717, 1.165) is 37.0 Å². The zero-order valence-electron chi connectivity index (χ0n) is 17.4.